The summed E-state index contributed by atoms with van der Waals surface area (Å²) in [6.45, 7) is 0. The van der Waals surface area contributed by atoms with E-state index in [0.29, 0.717) is 11.8 Å². The van der Waals surface area contributed by atoms with Crippen molar-refractivity contribution < 1.29 is 4.52 Å². The van der Waals surface area contributed by atoms with Crippen LogP contribution >= 0.6 is 0 Å². The van der Waals surface area contributed by atoms with Crippen LogP contribution in [0.4, 0.5) is 5.88 Å². The Balaban J connectivity index is 1.93. The van der Waals surface area contributed by atoms with E-state index in [2.05, 4.69) is 17.3 Å². The summed E-state index contributed by atoms with van der Waals surface area (Å²) in [5.74, 6) is 0.944. The van der Waals surface area contributed by atoms with Gasteiger partial charge in [0.2, 0.25) is 5.88 Å². The maximum absolute atomic E-state index is 6.02. The molecule has 3 nitrogen and oxygen atoms in total. The first-order valence-corrected chi connectivity index (χ1v) is 7.66. The van der Waals surface area contributed by atoms with Gasteiger partial charge in [-0.1, -0.05) is 67.6 Å². The lowest BCUT2D eigenvalue weighted by atomic mass is 9.86. The van der Waals surface area contributed by atoms with Gasteiger partial charge in [-0.05, 0) is 18.4 Å². The number of nitrogen functional groups attached to an aromatic ring is 1. The molecule has 1 aliphatic carbocycles. The van der Waals surface area contributed by atoms with E-state index < -0.39 is 0 Å². The lowest BCUT2D eigenvalue weighted by molar-refractivity contribution is 0.395. The summed E-state index contributed by atoms with van der Waals surface area (Å²) in [6.07, 6.45) is 9.02. The fourth-order valence-electron chi connectivity index (χ4n) is 3.22. The molecule has 0 bridgehead atoms. The number of benzene rings is 1. The van der Waals surface area contributed by atoms with Crippen molar-refractivity contribution in [3.8, 4) is 11.1 Å². The van der Waals surface area contributed by atoms with Crippen LogP contribution in [-0.2, 0) is 0 Å². The Bertz CT molecular complexity index is 539. The van der Waals surface area contributed by atoms with E-state index in [1.165, 1.54) is 44.9 Å². The second-order valence-electron chi connectivity index (χ2n) is 5.72. The molecule has 0 aliphatic heterocycles. The van der Waals surface area contributed by atoms with E-state index in [-0.39, 0.29) is 0 Å². The van der Waals surface area contributed by atoms with E-state index in [1.807, 2.05) is 18.2 Å². The highest BCUT2D eigenvalue weighted by Gasteiger charge is 2.23. The predicted octanol–water partition coefficient (Wildman–Crippen LogP) is 4.75. The first-order valence-electron chi connectivity index (χ1n) is 7.66. The van der Waals surface area contributed by atoms with Crippen molar-refractivity contribution in [2.45, 2.75) is 50.9 Å². The van der Waals surface area contributed by atoms with Crippen molar-refractivity contribution in [2.75, 3.05) is 5.73 Å². The molecule has 3 rings (SSSR count). The number of nitrogens with two attached hydrogens (primary N) is 1. The van der Waals surface area contributed by atoms with Gasteiger partial charge in [-0.3, -0.25) is 0 Å². The van der Waals surface area contributed by atoms with Crippen molar-refractivity contribution in [1.29, 1.82) is 0 Å². The highest BCUT2D eigenvalue weighted by atomic mass is 16.5. The van der Waals surface area contributed by atoms with Gasteiger partial charge in [-0.15, -0.1) is 0 Å². The Labute approximate surface area is 120 Å². The van der Waals surface area contributed by atoms with E-state index in [0.717, 1.165) is 16.8 Å². The second-order valence-corrected chi connectivity index (χ2v) is 5.72. The summed E-state index contributed by atoms with van der Waals surface area (Å²) < 4.78 is 5.30. The molecule has 1 aromatic heterocycles. The smallest absolute Gasteiger partial charge is 0.230 e. The van der Waals surface area contributed by atoms with Crippen molar-refractivity contribution in [3.63, 3.8) is 0 Å². The molecule has 0 amide bonds. The number of hydrogen-bond acceptors (Lipinski definition) is 3. The zero-order chi connectivity index (χ0) is 13.8. The molecule has 3 heteroatoms. The maximum Gasteiger partial charge on any atom is 0.230 e. The maximum atomic E-state index is 6.02. The molecule has 1 fully saturated rings. The van der Waals surface area contributed by atoms with Gasteiger partial charge >= 0.3 is 0 Å². The number of hydrogen-bond donors (Lipinski definition) is 1. The van der Waals surface area contributed by atoms with Gasteiger partial charge in [0.05, 0.1) is 11.3 Å². The molecule has 2 aromatic rings. The molecule has 0 spiro atoms. The normalized spacial score (nSPS) is 17.6. The van der Waals surface area contributed by atoms with Crippen LogP contribution in [0.3, 0.4) is 0 Å². The fourth-order valence-corrected chi connectivity index (χ4v) is 3.22. The largest absolute Gasteiger partial charge is 0.367 e. The molecule has 0 saturated heterocycles. The summed E-state index contributed by atoms with van der Waals surface area (Å²) >= 11 is 0. The highest BCUT2D eigenvalue weighted by molar-refractivity contribution is 5.75. The van der Waals surface area contributed by atoms with E-state index in [1.54, 1.807) is 0 Å². The quantitative estimate of drug-likeness (QED) is 0.856. The standard InChI is InChI=1S/C17H22N2O/c18-17-15(13-9-7-4-8-10-13)16(19-20-17)14-11-5-2-1-3-6-12-14/h4,7-10,14H,1-3,5-6,11-12,18H2. The number of nitrogens with zero attached hydrogens (tertiary/aromatic N) is 1. The predicted molar refractivity (Wildman–Crippen MR) is 81.4 cm³/mol. The van der Waals surface area contributed by atoms with Crippen molar-refractivity contribution >= 4 is 5.88 Å². The summed E-state index contributed by atoms with van der Waals surface area (Å²) in [7, 11) is 0. The van der Waals surface area contributed by atoms with Gasteiger partial charge in [0.15, 0.2) is 0 Å². The minimum atomic E-state index is 0.452. The molecule has 106 valence electrons. The molecular formula is C17H22N2O. The Hall–Kier alpha value is -1.77. The van der Waals surface area contributed by atoms with Crippen molar-refractivity contribution in [1.82, 2.24) is 5.16 Å². The summed E-state index contributed by atoms with van der Waals surface area (Å²) in [6, 6.07) is 10.2. The lowest BCUT2D eigenvalue weighted by Crippen LogP contribution is -2.04. The Kier molecular flexibility index (Phi) is 4.05. The van der Waals surface area contributed by atoms with Gasteiger partial charge in [0.25, 0.3) is 0 Å². The molecule has 0 atom stereocenters. The van der Waals surface area contributed by atoms with Crippen LogP contribution in [0.1, 0.15) is 56.6 Å². The molecule has 1 aromatic carbocycles. The van der Waals surface area contributed by atoms with Gasteiger partial charge in [-0.2, -0.15) is 0 Å². The third-order valence-electron chi connectivity index (χ3n) is 4.30. The van der Waals surface area contributed by atoms with Gasteiger partial charge in [-0.25, -0.2) is 0 Å². The SMILES string of the molecule is Nc1onc(C2CCCCCCC2)c1-c1ccccc1. The summed E-state index contributed by atoms with van der Waals surface area (Å²) in [5.41, 5.74) is 9.21. The minimum Gasteiger partial charge on any atom is -0.367 e. The molecule has 1 saturated carbocycles. The summed E-state index contributed by atoms with van der Waals surface area (Å²) in [5, 5.41) is 4.29. The minimum absolute atomic E-state index is 0.452. The van der Waals surface area contributed by atoms with Crippen LogP contribution < -0.4 is 5.73 Å². The average Bonchev–Trinajstić information content (AvgIpc) is 2.81. The van der Waals surface area contributed by atoms with Crippen LogP contribution in [0.25, 0.3) is 11.1 Å². The first kappa shape index (κ1) is 13.2. The van der Waals surface area contributed by atoms with Crippen LogP contribution in [0.15, 0.2) is 34.9 Å². The third-order valence-corrected chi connectivity index (χ3v) is 4.30. The van der Waals surface area contributed by atoms with Gasteiger partial charge in [0, 0.05) is 5.92 Å². The zero-order valence-electron chi connectivity index (χ0n) is 11.8. The van der Waals surface area contributed by atoms with E-state index in [4.69, 9.17) is 10.3 Å². The van der Waals surface area contributed by atoms with Crippen LogP contribution in [0, 0.1) is 0 Å². The van der Waals surface area contributed by atoms with Crippen LogP contribution in [0.2, 0.25) is 0 Å². The van der Waals surface area contributed by atoms with Crippen molar-refractivity contribution in [3.05, 3.63) is 36.0 Å². The molecule has 1 aliphatic rings. The van der Waals surface area contributed by atoms with E-state index >= 15 is 0 Å². The molecule has 1 heterocycles. The molecule has 20 heavy (non-hydrogen) atoms. The van der Waals surface area contributed by atoms with Crippen LogP contribution in [0.5, 0.6) is 0 Å². The lowest BCUT2D eigenvalue weighted by Gasteiger charge is -2.18. The Morgan fingerprint density at radius 3 is 2.30 bits per heavy atom. The molecule has 0 radical (unpaired) electrons. The summed E-state index contributed by atoms with van der Waals surface area (Å²) in [4.78, 5) is 0. The topological polar surface area (TPSA) is 52.0 Å². The molecule has 2 N–H and O–H groups in total. The number of rotatable bonds is 2. The molecular weight excluding hydrogens is 248 g/mol. The van der Waals surface area contributed by atoms with E-state index in [9.17, 15) is 0 Å². The first-order chi connectivity index (χ1) is 9.86. The number of anilines is 1. The second kappa shape index (κ2) is 6.12. The van der Waals surface area contributed by atoms with Gasteiger partial charge in [0.1, 0.15) is 0 Å². The van der Waals surface area contributed by atoms with Crippen molar-refractivity contribution in [2.24, 2.45) is 0 Å². The molecule has 0 unspecified atom stereocenters. The Morgan fingerprint density at radius 1 is 0.950 bits per heavy atom. The Morgan fingerprint density at radius 2 is 1.60 bits per heavy atom. The zero-order valence-corrected chi connectivity index (χ0v) is 11.8. The van der Waals surface area contributed by atoms with Crippen LogP contribution in [-0.4, -0.2) is 5.16 Å². The highest BCUT2D eigenvalue weighted by Crippen LogP contribution is 2.39. The average molecular weight is 270 g/mol. The number of aromatic nitrogens is 1. The third kappa shape index (κ3) is 2.72. The monoisotopic (exact) mass is 270 g/mol. The fraction of sp³-hybridized carbons (Fsp3) is 0.471. The van der Waals surface area contributed by atoms with Gasteiger partial charge < -0.3 is 10.3 Å².